The van der Waals surface area contributed by atoms with Crippen LogP contribution in [0, 0.1) is 11.3 Å². The van der Waals surface area contributed by atoms with Crippen LogP contribution in [-0.2, 0) is 0 Å². The molecule has 1 aromatic carbocycles. The number of nitrogens with zero attached hydrogens (tertiary/aromatic N) is 2. The van der Waals surface area contributed by atoms with E-state index in [0.717, 1.165) is 25.2 Å². The molecular formula is C12H17N3O. The van der Waals surface area contributed by atoms with Crippen LogP contribution in [-0.4, -0.2) is 24.8 Å². The molecular weight excluding hydrogens is 202 g/mol. The molecule has 0 atom stereocenters. The summed E-state index contributed by atoms with van der Waals surface area (Å²) in [5, 5.41) is 17.7. The third-order valence-corrected chi connectivity index (χ3v) is 2.49. The largest absolute Gasteiger partial charge is 0.398 e. The second-order valence-electron chi connectivity index (χ2n) is 3.54. The highest BCUT2D eigenvalue weighted by Crippen LogP contribution is 2.20. The van der Waals surface area contributed by atoms with Crippen LogP contribution in [0.5, 0.6) is 0 Å². The zero-order valence-corrected chi connectivity index (χ0v) is 9.48. The van der Waals surface area contributed by atoms with Crippen LogP contribution in [0.4, 0.5) is 11.4 Å². The normalized spacial score (nSPS) is 9.81. The van der Waals surface area contributed by atoms with Gasteiger partial charge in [0.2, 0.25) is 0 Å². The van der Waals surface area contributed by atoms with Gasteiger partial charge in [0, 0.05) is 31.1 Å². The second kappa shape index (κ2) is 5.99. The number of aliphatic hydroxyl groups is 1. The number of nitriles is 1. The fourth-order valence-electron chi connectivity index (χ4n) is 1.57. The molecule has 0 aliphatic carbocycles. The van der Waals surface area contributed by atoms with E-state index in [4.69, 9.17) is 16.1 Å². The Labute approximate surface area is 95.9 Å². The summed E-state index contributed by atoms with van der Waals surface area (Å²) in [4.78, 5) is 2.11. The lowest BCUT2D eigenvalue weighted by atomic mass is 10.1. The van der Waals surface area contributed by atoms with Crippen LogP contribution < -0.4 is 10.6 Å². The molecule has 0 aliphatic rings. The van der Waals surface area contributed by atoms with Crippen molar-refractivity contribution in [1.82, 2.24) is 0 Å². The molecule has 0 unspecified atom stereocenters. The second-order valence-corrected chi connectivity index (χ2v) is 3.54. The van der Waals surface area contributed by atoms with Gasteiger partial charge in [0.15, 0.2) is 0 Å². The van der Waals surface area contributed by atoms with Crippen molar-refractivity contribution in [2.75, 3.05) is 30.3 Å². The number of rotatable bonds is 5. The highest BCUT2D eigenvalue weighted by Gasteiger charge is 2.06. The van der Waals surface area contributed by atoms with Crippen LogP contribution in [0.15, 0.2) is 18.2 Å². The maximum Gasteiger partial charge on any atom is 0.101 e. The standard InChI is InChI=1S/C12H17N3O/c1-2-15(6-3-7-16)11-4-5-12(14)10(8-11)9-13/h4-5,8,16H,2-3,6-7,14H2,1H3. The topological polar surface area (TPSA) is 73.3 Å². The van der Waals surface area contributed by atoms with E-state index >= 15 is 0 Å². The number of aliphatic hydroxyl groups excluding tert-OH is 1. The van der Waals surface area contributed by atoms with Crippen molar-refractivity contribution in [3.8, 4) is 6.07 Å². The molecule has 0 heterocycles. The molecule has 0 radical (unpaired) electrons. The van der Waals surface area contributed by atoms with Crippen LogP contribution in [0.3, 0.4) is 0 Å². The van der Waals surface area contributed by atoms with Gasteiger partial charge < -0.3 is 15.7 Å². The maximum atomic E-state index is 8.88. The Hall–Kier alpha value is -1.73. The SMILES string of the molecule is CCN(CCCO)c1ccc(N)c(C#N)c1. The summed E-state index contributed by atoms with van der Waals surface area (Å²) in [6, 6.07) is 7.50. The Morgan fingerprint density at radius 2 is 2.25 bits per heavy atom. The molecule has 4 nitrogen and oxygen atoms in total. The molecule has 0 amide bonds. The average Bonchev–Trinajstić information content (AvgIpc) is 2.32. The van der Waals surface area contributed by atoms with E-state index in [1.807, 2.05) is 13.0 Å². The van der Waals surface area contributed by atoms with Crippen LogP contribution >= 0.6 is 0 Å². The summed E-state index contributed by atoms with van der Waals surface area (Å²) in [6.07, 6.45) is 0.722. The van der Waals surface area contributed by atoms with E-state index in [-0.39, 0.29) is 6.61 Å². The van der Waals surface area contributed by atoms with E-state index < -0.39 is 0 Å². The fraction of sp³-hybridized carbons (Fsp3) is 0.417. The molecule has 1 rings (SSSR count). The fourth-order valence-corrected chi connectivity index (χ4v) is 1.57. The zero-order valence-electron chi connectivity index (χ0n) is 9.48. The number of nitrogen functional groups attached to an aromatic ring is 1. The van der Waals surface area contributed by atoms with Crippen LogP contribution in [0.1, 0.15) is 18.9 Å². The highest BCUT2D eigenvalue weighted by atomic mass is 16.3. The molecule has 3 N–H and O–H groups in total. The molecule has 0 bridgehead atoms. The Kier molecular flexibility index (Phi) is 4.62. The number of nitrogens with two attached hydrogens (primary N) is 1. The predicted octanol–water partition coefficient (Wildman–Crippen LogP) is 1.35. The molecule has 16 heavy (non-hydrogen) atoms. The summed E-state index contributed by atoms with van der Waals surface area (Å²) in [7, 11) is 0. The molecule has 1 aromatic rings. The van der Waals surface area contributed by atoms with E-state index in [1.165, 1.54) is 0 Å². The van der Waals surface area contributed by atoms with Crippen molar-refractivity contribution >= 4 is 11.4 Å². The molecule has 4 heteroatoms. The summed E-state index contributed by atoms with van der Waals surface area (Å²) in [6.45, 7) is 3.84. The summed E-state index contributed by atoms with van der Waals surface area (Å²) in [5.74, 6) is 0. The maximum absolute atomic E-state index is 8.88. The van der Waals surface area contributed by atoms with Crippen molar-refractivity contribution in [2.45, 2.75) is 13.3 Å². The summed E-state index contributed by atoms with van der Waals surface area (Å²) < 4.78 is 0. The lowest BCUT2D eigenvalue weighted by Gasteiger charge is -2.23. The van der Waals surface area contributed by atoms with Gasteiger partial charge in [-0.3, -0.25) is 0 Å². The van der Waals surface area contributed by atoms with E-state index in [9.17, 15) is 0 Å². The van der Waals surface area contributed by atoms with Gasteiger partial charge in [0.05, 0.1) is 5.56 Å². The van der Waals surface area contributed by atoms with Gasteiger partial charge in [-0.1, -0.05) is 0 Å². The lowest BCUT2D eigenvalue weighted by molar-refractivity contribution is 0.289. The molecule has 0 aliphatic heterocycles. The van der Waals surface area contributed by atoms with Gasteiger partial charge >= 0.3 is 0 Å². The quantitative estimate of drug-likeness (QED) is 0.733. The van der Waals surface area contributed by atoms with Crippen LogP contribution in [0.2, 0.25) is 0 Å². The molecule has 86 valence electrons. The Balaban J connectivity index is 2.89. The van der Waals surface area contributed by atoms with Gasteiger partial charge in [-0.25, -0.2) is 0 Å². The summed E-state index contributed by atoms with van der Waals surface area (Å²) >= 11 is 0. The van der Waals surface area contributed by atoms with Gasteiger partial charge in [0.1, 0.15) is 6.07 Å². The Bertz CT molecular complexity index is 384. The van der Waals surface area contributed by atoms with Gasteiger partial charge in [0.25, 0.3) is 0 Å². The minimum atomic E-state index is 0.177. The van der Waals surface area contributed by atoms with Crippen molar-refractivity contribution in [3.05, 3.63) is 23.8 Å². The Morgan fingerprint density at radius 1 is 1.50 bits per heavy atom. The van der Waals surface area contributed by atoms with Crippen molar-refractivity contribution < 1.29 is 5.11 Å². The van der Waals surface area contributed by atoms with Gasteiger partial charge in [-0.2, -0.15) is 5.26 Å². The van der Waals surface area contributed by atoms with Crippen molar-refractivity contribution in [3.63, 3.8) is 0 Å². The minimum absolute atomic E-state index is 0.177. The molecule has 0 saturated heterocycles. The third kappa shape index (κ3) is 2.88. The minimum Gasteiger partial charge on any atom is -0.398 e. The number of hydrogen-bond acceptors (Lipinski definition) is 4. The number of benzene rings is 1. The van der Waals surface area contributed by atoms with Gasteiger partial charge in [-0.05, 0) is 31.5 Å². The third-order valence-electron chi connectivity index (χ3n) is 2.49. The Morgan fingerprint density at radius 3 is 2.81 bits per heavy atom. The van der Waals surface area contributed by atoms with E-state index in [0.29, 0.717) is 11.3 Å². The summed E-state index contributed by atoms with van der Waals surface area (Å²) in [5.41, 5.74) is 7.64. The van der Waals surface area contributed by atoms with Gasteiger partial charge in [-0.15, -0.1) is 0 Å². The molecule has 0 saturated carbocycles. The first kappa shape index (κ1) is 12.3. The number of anilines is 2. The first-order valence-corrected chi connectivity index (χ1v) is 5.38. The van der Waals surface area contributed by atoms with Crippen LogP contribution in [0.25, 0.3) is 0 Å². The molecule has 0 fully saturated rings. The monoisotopic (exact) mass is 219 g/mol. The van der Waals surface area contributed by atoms with Crippen molar-refractivity contribution in [1.29, 1.82) is 5.26 Å². The lowest BCUT2D eigenvalue weighted by Crippen LogP contribution is -2.24. The molecule has 0 spiro atoms. The predicted molar refractivity (Wildman–Crippen MR) is 65.2 cm³/mol. The highest BCUT2D eigenvalue weighted by molar-refractivity contribution is 5.62. The first-order valence-electron chi connectivity index (χ1n) is 5.38. The number of hydrogen-bond donors (Lipinski definition) is 2. The zero-order chi connectivity index (χ0) is 12.0. The first-order chi connectivity index (χ1) is 7.72. The van der Waals surface area contributed by atoms with E-state index in [2.05, 4.69) is 11.0 Å². The smallest absolute Gasteiger partial charge is 0.101 e. The average molecular weight is 219 g/mol. The molecule has 0 aromatic heterocycles. The van der Waals surface area contributed by atoms with Crippen molar-refractivity contribution in [2.24, 2.45) is 0 Å². The van der Waals surface area contributed by atoms with E-state index in [1.54, 1.807) is 12.1 Å².